The standard InChI is InChI=1S/C24H20FNO3/c1-17(29-23(27)16-13-18-11-14-20(25)15-12-18)24(28)26-22-10-6-5-9-21(22)19-7-3-2-4-8-19/h2-17H,1H3,(H,26,28)/b16-13+/t17-/m0/s1. The highest BCUT2D eigenvalue weighted by molar-refractivity contribution is 5.99. The van der Waals surface area contributed by atoms with Gasteiger partial charge in [0.15, 0.2) is 6.10 Å². The van der Waals surface area contributed by atoms with Crippen molar-refractivity contribution in [3.05, 3.63) is 96.3 Å². The van der Waals surface area contributed by atoms with Crippen molar-refractivity contribution in [2.24, 2.45) is 0 Å². The van der Waals surface area contributed by atoms with E-state index in [1.807, 2.05) is 48.5 Å². The lowest BCUT2D eigenvalue weighted by Gasteiger charge is -2.15. The number of benzene rings is 3. The lowest BCUT2D eigenvalue weighted by Crippen LogP contribution is -2.29. The topological polar surface area (TPSA) is 55.4 Å². The maximum atomic E-state index is 12.9. The van der Waals surface area contributed by atoms with Gasteiger partial charge in [-0.3, -0.25) is 4.79 Å². The molecule has 0 aliphatic heterocycles. The van der Waals surface area contributed by atoms with Gasteiger partial charge in [0.1, 0.15) is 5.82 Å². The predicted molar refractivity (Wildman–Crippen MR) is 111 cm³/mol. The molecule has 146 valence electrons. The van der Waals surface area contributed by atoms with Crippen molar-refractivity contribution >= 4 is 23.6 Å². The average molecular weight is 389 g/mol. The van der Waals surface area contributed by atoms with E-state index in [0.717, 1.165) is 11.1 Å². The summed E-state index contributed by atoms with van der Waals surface area (Å²) < 4.78 is 18.1. The van der Waals surface area contributed by atoms with E-state index in [2.05, 4.69) is 5.32 Å². The van der Waals surface area contributed by atoms with Crippen LogP contribution in [0.3, 0.4) is 0 Å². The molecule has 0 heterocycles. The van der Waals surface area contributed by atoms with Crippen LogP contribution in [0.15, 0.2) is 84.9 Å². The number of anilines is 1. The van der Waals surface area contributed by atoms with Crippen LogP contribution in [-0.2, 0) is 14.3 Å². The molecule has 1 atom stereocenters. The molecule has 0 spiro atoms. The highest BCUT2D eigenvalue weighted by Crippen LogP contribution is 2.27. The monoisotopic (exact) mass is 389 g/mol. The molecule has 3 aromatic rings. The molecule has 1 amide bonds. The number of hydrogen-bond acceptors (Lipinski definition) is 3. The van der Waals surface area contributed by atoms with Gasteiger partial charge in [0.05, 0.1) is 0 Å². The summed E-state index contributed by atoms with van der Waals surface area (Å²) in [5.74, 6) is -1.45. The first kappa shape index (κ1) is 20.0. The Morgan fingerprint density at radius 2 is 1.59 bits per heavy atom. The fraction of sp³-hybridized carbons (Fsp3) is 0.0833. The molecule has 5 heteroatoms. The number of rotatable bonds is 6. The summed E-state index contributed by atoms with van der Waals surface area (Å²) in [5, 5.41) is 2.81. The average Bonchev–Trinajstić information content (AvgIpc) is 2.74. The lowest BCUT2D eigenvalue weighted by atomic mass is 10.0. The number of amides is 1. The van der Waals surface area contributed by atoms with E-state index in [1.54, 1.807) is 6.07 Å². The molecule has 4 nitrogen and oxygen atoms in total. The van der Waals surface area contributed by atoms with Crippen molar-refractivity contribution in [1.82, 2.24) is 0 Å². The molecule has 1 N–H and O–H groups in total. The molecule has 0 unspecified atom stereocenters. The number of para-hydroxylation sites is 1. The number of carbonyl (C=O) groups is 2. The second-order valence-electron chi connectivity index (χ2n) is 6.36. The molecule has 0 fully saturated rings. The maximum absolute atomic E-state index is 12.9. The number of esters is 1. The zero-order chi connectivity index (χ0) is 20.6. The van der Waals surface area contributed by atoms with E-state index in [1.165, 1.54) is 43.3 Å². The van der Waals surface area contributed by atoms with Crippen LogP contribution in [0.4, 0.5) is 10.1 Å². The van der Waals surface area contributed by atoms with Crippen molar-refractivity contribution in [1.29, 1.82) is 0 Å². The second kappa shape index (κ2) is 9.46. The first-order valence-corrected chi connectivity index (χ1v) is 9.12. The fourth-order valence-electron chi connectivity index (χ4n) is 2.70. The number of nitrogens with one attached hydrogen (secondary N) is 1. The minimum absolute atomic E-state index is 0.356. The Balaban J connectivity index is 1.62. The number of halogens is 1. The molecule has 0 aromatic heterocycles. The molecule has 0 aliphatic carbocycles. The zero-order valence-electron chi connectivity index (χ0n) is 15.8. The summed E-state index contributed by atoms with van der Waals surface area (Å²) in [6.07, 6.45) is 1.72. The van der Waals surface area contributed by atoms with Gasteiger partial charge in [-0.25, -0.2) is 9.18 Å². The first-order valence-electron chi connectivity index (χ1n) is 9.12. The van der Waals surface area contributed by atoms with Crippen LogP contribution in [0.5, 0.6) is 0 Å². The largest absolute Gasteiger partial charge is 0.449 e. The third-order valence-electron chi connectivity index (χ3n) is 4.21. The second-order valence-corrected chi connectivity index (χ2v) is 6.36. The minimum Gasteiger partial charge on any atom is -0.449 e. The van der Waals surface area contributed by atoms with Crippen molar-refractivity contribution in [2.45, 2.75) is 13.0 Å². The first-order chi connectivity index (χ1) is 14.0. The van der Waals surface area contributed by atoms with Gasteiger partial charge in [-0.15, -0.1) is 0 Å². The van der Waals surface area contributed by atoms with Crippen molar-refractivity contribution < 1.29 is 18.7 Å². The quantitative estimate of drug-likeness (QED) is 0.473. The van der Waals surface area contributed by atoms with E-state index in [-0.39, 0.29) is 5.82 Å². The van der Waals surface area contributed by atoms with Gasteiger partial charge in [-0.2, -0.15) is 0 Å². The van der Waals surface area contributed by atoms with Gasteiger partial charge in [0, 0.05) is 17.3 Å². The molecule has 0 radical (unpaired) electrons. The van der Waals surface area contributed by atoms with Gasteiger partial charge >= 0.3 is 5.97 Å². The van der Waals surface area contributed by atoms with E-state index in [9.17, 15) is 14.0 Å². The summed E-state index contributed by atoms with van der Waals surface area (Å²) >= 11 is 0. The Morgan fingerprint density at radius 3 is 2.31 bits per heavy atom. The molecular formula is C24H20FNO3. The zero-order valence-corrected chi connectivity index (χ0v) is 15.8. The normalized spacial score (nSPS) is 11.8. The summed E-state index contributed by atoms with van der Waals surface area (Å²) in [7, 11) is 0. The molecule has 0 saturated heterocycles. The van der Waals surface area contributed by atoms with E-state index >= 15 is 0 Å². The van der Waals surface area contributed by atoms with Gasteiger partial charge in [-0.1, -0.05) is 60.7 Å². The van der Waals surface area contributed by atoms with E-state index in [4.69, 9.17) is 4.74 Å². The van der Waals surface area contributed by atoms with Crippen molar-refractivity contribution in [2.75, 3.05) is 5.32 Å². The summed E-state index contributed by atoms with van der Waals surface area (Å²) in [5.41, 5.74) is 3.12. The maximum Gasteiger partial charge on any atom is 0.331 e. The molecule has 3 rings (SSSR count). The van der Waals surface area contributed by atoms with Crippen LogP contribution in [-0.4, -0.2) is 18.0 Å². The molecule has 0 bridgehead atoms. The summed E-state index contributed by atoms with van der Waals surface area (Å²) in [6.45, 7) is 1.50. The van der Waals surface area contributed by atoms with Crippen molar-refractivity contribution in [3.63, 3.8) is 0 Å². The smallest absolute Gasteiger partial charge is 0.331 e. The van der Waals surface area contributed by atoms with E-state index < -0.39 is 18.0 Å². The third kappa shape index (κ3) is 5.62. The lowest BCUT2D eigenvalue weighted by molar-refractivity contribution is -0.148. The molecule has 0 aliphatic rings. The van der Waals surface area contributed by atoms with Gasteiger partial charge in [-0.05, 0) is 42.3 Å². The highest BCUT2D eigenvalue weighted by atomic mass is 19.1. The number of ether oxygens (including phenoxy) is 1. The third-order valence-corrected chi connectivity index (χ3v) is 4.21. The minimum atomic E-state index is -0.982. The van der Waals surface area contributed by atoms with Gasteiger partial charge in [0.25, 0.3) is 5.91 Å². The predicted octanol–water partition coefficient (Wildman–Crippen LogP) is 5.08. The fourth-order valence-corrected chi connectivity index (χ4v) is 2.70. The van der Waals surface area contributed by atoms with Gasteiger partial charge < -0.3 is 10.1 Å². The highest BCUT2D eigenvalue weighted by Gasteiger charge is 2.18. The molecule has 0 saturated carbocycles. The van der Waals surface area contributed by atoms with E-state index in [0.29, 0.717) is 11.3 Å². The Labute approximate surface area is 168 Å². The SMILES string of the molecule is C[C@H](OC(=O)/C=C/c1ccc(F)cc1)C(=O)Nc1ccccc1-c1ccccc1. The Bertz CT molecular complexity index is 1010. The Morgan fingerprint density at radius 1 is 0.931 bits per heavy atom. The number of hydrogen-bond donors (Lipinski definition) is 1. The van der Waals surface area contributed by atoms with Crippen LogP contribution in [0.1, 0.15) is 12.5 Å². The van der Waals surface area contributed by atoms with Gasteiger partial charge in [0.2, 0.25) is 0 Å². The molecular weight excluding hydrogens is 369 g/mol. The summed E-state index contributed by atoms with van der Waals surface area (Å²) in [6, 6.07) is 22.8. The van der Waals surface area contributed by atoms with Crippen LogP contribution < -0.4 is 5.32 Å². The van der Waals surface area contributed by atoms with Crippen LogP contribution in [0.25, 0.3) is 17.2 Å². The number of carbonyl (C=O) groups excluding carboxylic acids is 2. The molecule has 3 aromatic carbocycles. The Hall–Kier alpha value is -3.73. The Kier molecular flexibility index (Phi) is 6.53. The molecule has 29 heavy (non-hydrogen) atoms. The van der Waals surface area contributed by atoms with Crippen LogP contribution in [0.2, 0.25) is 0 Å². The van der Waals surface area contributed by atoms with Crippen LogP contribution >= 0.6 is 0 Å². The summed E-state index contributed by atoms with van der Waals surface area (Å²) in [4.78, 5) is 24.5. The van der Waals surface area contributed by atoms with Crippen molar-refractivity contribution in [3.8, 4) is 11.1 Å². The van der Waals surface area contributed by atoms with Crippen LogP contribution in [0, 0.1) is 5.82 Å².